The molecule has 2 amide bonds. The third-order valence-electron chi connectivity index (χ3n) is 5.94. The largest absolute Gasteiger partial charge is 0.444 e. The van der Waals surface area contributed by atoms with E-state index < -0.39 is 29.2 Å². The van der Waals surface area contributed by atoms with E-state index in [2.05, 4.69) is 11.4 Å². The lowest BCUT2D eigenvalue weighted by Gasteiger charge is -2.39. The van der Waals surface area contributed by atoms with Crippen molar-refractivity contribution in [2.45, 2.75) is 83.0 Å². The van der Waals surface area contributed by atoms with Crippen LogP contribution in [0.25, 0.3) is 0 Å². The summed E-state index contributed by atoms with van der Waals surface area (Å²) in [6.45, 7) is 5.13. The van der Waals surface area contributed by atoms with Crippen molar-refractivity contribution in [3.63, 3.8) is 0 Å². The number of hydrogen-bond acceptors (Lipinski definition) is 5. The first kappa shape index (κ1) is 19.0. The molecule has 0 spiro atoms. The molecular formula is C19H29N3O4. The molecule has 0 radical (unpaired) electrons. The number of aliphatic hydroxyl groups excluding tert-OH is 1. The lowest BCUT2D eigenvalue weighted by molar-refractivity contribution is -0.139. The van der Waals surface area contributed by atoms with E-state index >= 15 is 0 Å². The summed E-state index contributed by atoms with van der Waals surface area (Å²) in [7, 11) is 0. The van der Waals surface area contributed by atoms with E-state index in [9.17, 15) is 20.0 Å². The zero-order chi connectivity index (χ0) is 19.1. The zero-order valence-electron chi connectivity index (χ0n) is 15.8. The Bertz CT molecular complexity index is 615. The van der Waals surface area contributed by atoms with Gasteiger partial charge in [-0.2, -0.15) is 5.26 Å². The number of carbonyl (C=O) groups excluding carboxylic acids is 2. The van der Waals surface area contributed by atoms with Crippen LogP contribution in [0.3, 0.4) is 0 Å². The summed E-state index contributed by atoms with van der Waals surface area (Å²) in [5, 5.41) is 22.3. The van der Waals surface area contributed by atoms with Crippen molar-refractivity contribution in [1.29, 1.82) is 5.26 Å². The monoisotopic (exact) mass is 363 g/mol. The first-order chi connectivity index (χ1) is 12.2. The van der Waals surface area contributed by atoms with Crippen LogP contribution in [-0.4, -0.2) is 52.3 Å². The maximum absolute atomic E-state index is 13.4. The van der Waals surface area contributed by atoms with Crippen molar-refractivity contribution in [2.75, 3.05) is 6.61 Å². The number of fused-ring (bicyclic) bond motifs is 1. The Morgan fingerprint density at radius 1 is 1.35 bits per heavy atom. The van der Waals surface area contributed by atoms with Gasteiger partial charge in [0.2, 0.25) is 5.91 Å². The summed E-state index contributed by atoms with van der Waals surface area (Å²) in [5.41, 5.74) is -1.36. The first-order valence-corrected chi connectivity index (χ1v) is 9.53. The zero-order valence-corrected chi connectivity index (χ0v) is 15.8. The van der Waals surface area contributed by atoms with E-state index in [0.717, 1.165) is 19.3 Å². The number of amides is 2. The van der Waals surface area contributed by atoms with Crippen LogP contribution in [0.15, 0.2) is 0 Å². The predicted octanol–water partition coefficient (Wildman–Crippen LogP) is 1.95. The average molecular weight is 363 g/mol. The molecule has 0 aromatic heterocycles. The van der Waals surface area contributed by atoms with Crippen LogP contribution in [0.1, 0.15) is 59.3 Å². The summed E-state index contributed by atoms with van der Waals surface area (Å²) in [4.78, 5) is 27.4. The summed E-state index contributed by atoms with van der Waals surface area (Å²) in [6, 6.07) is 1.03. The van der Waals surface area contributed by atoms with Gasteiger partial charge in [0.15, 0.2) is 0 Å². The number of ether oxygens (including phenoxy) is 1. The topological polar surface area (TPSA) is 103 Å². The smallest absolute Gasteiger partial charge is 0.408 e. The van der Waals surface area contributed by atoms with Crippen LogP contribution in [-0.2, 0) is 9.53 Å². The van der Waals surface area contributed by atoms with Gasteiger partial charge in [-0.05, 0) is 52.4 Å². The highest BCUT2D eigenvalue weighted by Crippen LogP contribution is 2.49. The highest BCUT2D eigenvalue weighted by atomic mass is 16.6. The van der Waals surface area contributed by atoms with Crippen LogP contribution in [0.2, 0.25) is 0 Å². The molecule has 4 atom stereocenters. The van der Waals surface area contributed by atoms with Crippen LogP contribution < -0.4 is 5.32 Å². The first-order valence-electron chi connectivity index (χ1n) is 9.53. The van der Waals surface area contributed by atoms with Gasteiger partial charge in [-0.1, -0.05) is 12.8 Å². The molecule has 7 nitrogen and oxygen atoms in total. The number of hydrogen-bond donors (Lipinski definition) is 2. The van der Waals surface area contributed by atoms with Crippen LogP contribution in [0, 0.1) is 22.7 Å². The highest BCUT2D eigenvalue weighted by molar-refractivity contribution is 5.88. The van der Waals surface area contributed by atoms with Crippen molar-refractivity contribution < 1.29 is 19.4 Å². The molecule has 144 valence electrons. The fourth-order valence-electron chi connectivity index (χ4n) is 4.56. The van der Waals surface area contributed by atoms with Crippen molar-refractivity contribution in [1.82, 2.24) is 10.2 Å². The molecule has 1 saturated heterocycles. The Labute approximate surface area is 154 Å². The average Bonchev–Trinajstić information content (AvgIpc) is 3.01. The molecule has 0 bridgehead atoms. The van der Waals surface area contributed by atoms with Gasteiger partial charge in [-0.25, -0.2) is 4.79 Å². The number of nitrogens with zero attached hydrogens (tertiary/aromatic N) is 2. The summed E-state index contributed by atoms with van der Waals surface area (Å²) >= 11 is 0. The van der Waals surface area contributed by atoms with E-state index in [1.807, 2.05) is 0 Å². The van der Waals surface area contributed by atoms with Crippen molar-refractivity contribution >= 4 is 12.0 Å². The minimum atomic E-state index is -0.861. The fraction of sp³-hybridized carbons (Fsp3) is 0.842. The summed E-state index contributed by atoms with van der Waals surface area (Å²) in [5.74, 6) is 0.155. The molecule has 3 rings (SSSR count). The van der Waals surface area contributed by atoms with Gasteiger partial charge < -0.3 is 20.1 Å². The van der Waals surface area contributed by atoms with E-state index in [4.69, 9.17) is 4.74 Å². The van der Waals surface area contributed by atoms with Gasteiger partial charge in [-0.15, -0.1) is 0 Å². The number of nitrogens with one attached hydrogen (secondary N) is 1. The molecule has 2 N–H and O–H groups in total. The normalized spacial score (nSPS) is 30.3. The van der Waals surface area contributed by atoms with Gasteiger partial charge >= 0.3 is 6.09 Å². The third kappa shape index (κ3) is 3.52. The molecule has 3 fully saturated rings. The Morgan fingerprint density at radius 3 is 2.54 bits per heavy atom. The second-order valence-electron chi connectivity index (χ2n) is 9.00. The minimum absolute atomic E-state index is 0.104. The van der Waals surface area contributed by atoms with Gasteiger partial charge in [0, 0.05) is 11.5 Å². The molecular weight excluding hydrogens is 334 g/mol. The molecule has 7 heteroatoms. The van der Waals surface area contributed by atoms with Crippen LogP contribution >= 0.6 is 0 Å². The Hall–Kier alpha value is -1.81. The maximum Gasteiger partial charge on any atom is 0.408 e. The summed E-state index contributed by atoms with van der Waals surface area (Å²) < 4.78 is 5.35. The van der Waals surface area contributed by atoms with E-state index in [0.29, 0.717) is 25.2 Å². The third-order valence-corrected chi connectivity index (χ3v) is 5.94. The van der Waals surface area contributed by atoms with Crippen LogP contribution in [0.5, 0.6) is 0 Å². The Kier molecular flexibility index (Phi) is 4.91. The van der Waals surface area contributed by atoms with E-state index in [1.54, 1.807) is 25.7 Å². The van der Waals surface area contributed by atoms with Crippen molar-refractivity contribution in [2.24, 2.45) is 11.3 Å². The summed E-state index contributed by atoms with van der Waals surface area (Å²) in [6.07, 6.45) is 4.15. The number of alkyl carbamates (subject to hydrolysis) is 1. The predicted molar refractivity (Wildman–Crippen MR) is 93.9 cm³/mol. The van der Waals surface area contributed by atoms with Crippen molar-refractivity contribution in [3.8, 4) is 6.07 Å². The molecule has 1 heterocycles. The molecule has 2 aliphatic carbocycles. The Balaban J connectivity index is 1.84. The molecule has 1 aliphatic heterocycles. The lowest BCUT2D eigenvalue weighted by Crippen LogP contribution is -2.59. The second-order valence-corrected chi connectivity index (χ2v) is 9.00. The maximum atomic E-state index is 13.4. The molecule has 26 heavy (non-hydrogen) atoms. The SMILES string of the molecule is CC(C)(C)OC(=O)N[C@H](C(=O)N1[C@H](C#N)C[C@@H]2C[C@@H]21)C1(CO)CCCC1. The minimum Gasteiger partial charge on any atom is -0.444 e. The molecule has 3 aliphatic rings. The standard InChI is InChI=1S/C19H29N3O4/c1-18(2,3)26-17(25)21-15(19(11-23)6-4-5-7-19)16(24)22-13(10-20)8-12-9-14(12)22/h12-15,23H,4-9,11H2,1-3H3,(H,21,25)/t12-,13+,14+,15-/m1/s1. The lowest BCUT2D eigenvalue weighted by atomic mass is 9.78. The quantitative estimate of drug-likeness (QED) is 0.795. The van der Waals surface area contributed by atoms with E-state index in [1.165, 1.54) is 0 Å². The van der Waals surface area contributed by atoms with Gasteiger partial charge in [0.25, 0.3) is 0 Å². The number of piperidine rings is 1. The molecule has 2 saturated carbocycles. The van der Waals surface area contributed by atoms with Crippen LogP contribution in [0.4, 0.5) is 4.79 Å². The molecule has 0 aromatic rings. The van der Waals surface area contributed by atoms with Gasteiger partial charge in [0.05, 0.1) is 12.7 Å². The number of carbonyl (C=O) groups is 2. The Morgan fingerprint density at radius 2 is 2.00 bits per heavy atom. The highest BCUT2D eigenvalue weighted by Gasteiger charge is 2.57. The van der Waals surface area contributed by atoms with E-state index in [-0.39, 0.29) is 18.6 Å². The molecule has 0 aromatic carbocycles. The van der Waals surface area contributed by atoms with Crippen molar-refractivity contribution in [3.05, 3.63) is 0 Å². The number of aliphatic hydroxyl groups is 1. The molecule has 0 unspecified atom stereocenters. The fourth-order valence-corrected chi connectivity index (χ4v) is 4.56. The number of nitriles is 1. The van der Waals surface area contributed by atoms with Gasteiger partial charge in [0.1, 0.15) is 17.7 Å². The second kappa shape index (κ2) is 6.73. The number of likely N-dealkylation sites (tertiary alicyclic amines) is 1. The number of rotatable bonds is 4. The van der Waals surface area contributed by atoms with Gasteiger partial charge in [-0.3, -0.25) is 4.79 Å².